The second-order valence-electron chi connectivity index (χ2n) is 4.36. The van der Waals surface area contributed by atoms with E-state index in [2.05, 4.69) is 25.7 Å². The predicted octanol–water partition coefficient (Wildman–Crippen LogP) is 3.31. The van der Waals surface area contributed by atoms with E-state index in [1.165, 1.54) is 31.3 Å². The summed E-state index contributed by atoms with van der Waals surface area (Å²) in [5, 5.41) is 0. The molecule has 0 aromatic rings. The molecule has 1 saturated carbocycles. The van der Waals surface area contributed by atoms with Gasteiger partial charge in [0, 0.05) is 0 Å². The average molecular weight is 148 g/mol. The Morgan fingerprint density at radius 1 is 1.73 bits per heavy atom. The van der Waals surface area contributed by atoms with Gasteiger partial charge >= 0.3 is 0 Å². The Morgan fingerprint density at radius 3 is 2.91 bits per heavy atom. The van der Waals surface area contributed by atoms with Gasteiger partial charge in [0.1, 0.15) is 0 Å². The monoisotopic (exact) mass is 148 g/mol. The minimum atomic E-state index is 0.552. The summed E-state index contributed by atoms with van der Waals surface area (Å²) in [6, 6.07) is 0. The summed E-state index contributed by atoms with van der Waals surface area (Å²) in [5.41, 5.74) is 1.90. The Labute approximate surface area is 69.0 Å². The topological polar surface area (TPSA) is 0 Å². The molecule has 0 saturated heterocycles. The van der Waals surface area contributed by atoms with Crippen molar-refractivity contribution in [1.82, 2.24) is 0 Å². The molecule has 60 valence electrons. The van der Waals surface area contributed by atoms with Crippen LogP contribution in [-0.4, -0.2) is 0 Å². The molecule has 2 aliphatic rings. The molecule has 2 bridgehead atoms. The van der Waals surface area contributed by atoms with Crippen LogP contribution in [0.5, 0.6) is 0 Å². The van der Waals surface area contributed by atoms with Gasteiger partial charge in [0.05, 0.1) is 0 Å². The van der Waals surface area contributed by atoms with Gasteiger partial charge in [0.2, 0.25) is 0 Å². The first kappa shape index (κ1) is 7.15. The number of hydrogen-bond acceptors (Lipinski definition) is 0. The summed E-state index contributed by atoms with van der Waals surface area (Å²) >= 11 is 0. The maximum absolute atomic E-state index is 4.00. The molecule has 0 aromatic carbocycles. The number of fused-ring (bicyclic) bond motifs is 2. The lowest BCUT2D eigenvalue weighted by molar-refractivity contribution is 0.400. The lowest BCUT2D eigenvalue weighted by Gasteiger charge is -2.23. The van der Waals surface area contributed by atoms with Crippen molar-refractivity contribution in [3.8, 4) is 0 Å². The highest BCUT2D eigenvalue weighted by atomic mass is 14.4. The molecule has 0 aromatic heterocycles. The zero-order valence-corrected chi connectivity index (χ0v) is 7.27. The van der Waals surface area contributed by atoms with Crippen molar-refractivity contribution >= 4 is 0 Å². The van der Waals surface area contributed by atoms with E-state index in [0.29, 0.717) is 5.41 Å². The zero-order chi connectivity index (χ0) is 7.90. The van der Waals surface area contributed by atoms with Crippen LogP contribution in [0.3, 0.4) is 0 Å². The Kier molecular flexibility index (Phi) is 1.45. The molecular weight excluding hydrogens is 132 g/mol. The van der Waals surface area contributed by atoms with Crippen molar-refractivity contribution in [2.75, 3.05) is 0 Å². The molecular formula is C11H16. The van der Waals surface area contributed by atoms with Gasteiger partial charge in [0.15, 0.2) is 0 Å². The summed E-state index contributed by atoms with van der Waals surface area (Å²) < 4.78 is 0. The van der Waals surface area contributed by atoms with E-state index in [9.17, 15) is 0 Å². The van der Waals surface area contributed by atoms with E-state index in [0.717, 1.165) is 5.92 Å². The predicted molar refractivity (Wildman–Crippen MR) is 48.3 cm³/mol. The molecule has 0 N–H and O–H groups in total. The van der Waals surface area contributed by atoms with E-state index in [4.69, 9.17) is 0 Å². The van der Waals surface area contributed by atoms with Crippen molar-refractivity contribution in [3.05, 3.63) is 24.3 Å². The molecule has 11 heavy (non-hydrogen) atoms. The molecule has 0 nitrogen and oxygen atoms in total. The lowest BCUT2D eigenvalue weighted by atomic mass is 9.82. The highest BCUT2D eigenvalue weighted by molar-refractivity contribution is 5.18. The van der Waals surface area contributed by atoms with Crippen molar-refractivity contribution < 1.29 is 0 Å². The van der Waals surface area contributed by atoms with Crippen molar-refractivity contribution in [3.63, 3.8) is 0 Å². The smallest absolute Gasteiger partial charge is 0.00754 e. The van der Waals surface area contributed by atoms with Crippen LogP contribution >= 0.6 is 0 Å². The van der Waals surface area contributed by atoms with Crippen LogP contribution < -0.4 is 0 Å². The Balaban J connectivity index is 2.11. The highest BCUT2D eigenvalue weighted by Gasteiger charge is 2.39. The fourth-order valence-electron chi connectivity index (χ4n) is 2.68. The third-order valence-corrected chi connectivity index (χ3v) is 3.06. The van der Waals surface area contributed by atoms with Crippen LogP contribution in [0.1, 0.15) is 32.6 Å². The fourth-order valence-corrected chi connectivity index (χ4v) is 2.68. The first-order chi connectivity index (χ1) is 5.20. The van der Waals surface area contributed by atoms with Gasteiger partial charge in [-0.1, -0.05) is 17.7 Å². The van der Waals surface area contributed by atoms with Gasteiger partial charge in [-0.2, -0.15) is 0 Å². The van der Waals surface area contributed by atoms with Gasteiger partial charge in [-0.25, -0.2) is 0 Å². The molecule has 2 rings (SSSR count). The molecule has 0 heterocycles. The number of rotatable bonds is 2. The van der Waals surface area contributed by atoms with E-state index < -0.39 is 0 Å². The maximum Gasteiger partial charge on any atom is -0.00754 e. The lowest BCUT2D eigenvalue weighted by Crippen LogP contribution is -2.11. The number of allylic oxidation sites excluding steroid dienone is 3. The maximum atomic E-state index is 4.00. The summed E-state index contributed by atoms with van der Waals surface area (Å²) in [6.45, 7) is 6.14. The van der Waals surface area contributed by atoms with Gasteiger partial charge in [-0.3, -0.25) is 0 Å². The van der Waals surface area contributed by atoms with Crippen molar-refractivity contribution in [2.45, 2.75) is 32.6 Å². The normalized spacial score (nSPS) is 39.9. The van der Waals surface area contributed by atoms with E-state index in [-0.39, 0.29) is 0 Å². The summed E-state index contributed by atoms with van der Waals surface area (Å²) in [7, 11) is 0. The van der Waals surface area contributed by atoms with Crippen LogP contribution in [0, 0.1) is 11.3 Å². The van der Waals surface area contributed by atoms with Crippen LogP contribution in [0.25, 0.3) is 0 Å². The Hall–Kier alpha value is -0.520. The van der Waals surface area contributed by atoms with Crippen LogP contribution in [0.2, 0.25) is 0 Å². The third-order valence-electron chi connectivity index (χ3n) is 3.06. The molecule has 0 amide bonds. The largest absolute Gasteiger partial charge is 0.100 e. The first-order valence-electron chi connectivity index (χ1n) is 4.54. The highest BCUT2D eigenvalue weighted by Crippen LogP contribution is 2.52. The van der Waals surface area contributed by atoms with Crippen LogP contribution in [0.4, 0.5) is 0 Å². The molecule has 0 aliphatic heterocycles. The summed E-state index contributed by atoms with van der Waals surface area (Å²) in [4.78, 5) is 0. The van der Waals surface area contributed by atoms with Gasteiger partial charge in [-0.15, -0.1) is 6.58 Å². The summed E-state index contributed by atoms with van der Waals surface area (Å²) in [6.07, 6.45) is 10.3. The minimum Gasteiger partial charge on any atom is -0.100 e. The second kappa shape index (κ2) is 2.23. The van der Waals surface area contributed by atoms with E-state index in [1.807, 2.05) is 0 Å². The third kappa shape index (κ3) is 1.15. The fraction of sp³-hybridized carbons (Fsp3) is 0.636. The van der Waals surface area contributed by atoms with Crippen molar-refractivity contribution in [1.29, 1.82) is 0 Å². The van der Waals surface area contributed by atoms with Crippen LogP contribution in [0.15, 0.2) is 24.3 Å². The molecule has 0 spiro atoms. The van der Waals surface area contributed by atoms with Gasteiger partial charge in [-0.05, 0) is 43.9 Å². The minimum absolute atomic E-state index is 0.552. The van der Waals surface area contributed by atoms with E-state index >= 15 is 0 Å². The molecule has 2 aliphatic carbocycles. The molecule has 2 atom stereocenters. The second-order valence-corrected chi connectivity index (χ2v) is 4.36. The standard InChI is InChI=1S/C11H16/c1-9(2)7-11-5-3-10(8-11)4-6-11/h3,5,10H,1,4,6-8H2,2H3. The van der Waals surface area contributed by atoms with Crippen molar-refractivity contribution in [2.24, 2.45) is 11.3 Å². The Morgan fingerprint density at radius 2 is 2.55 bits per heavy atom. The van der Waals surface area contributed by atoms with E-state index in [1.54, 1.807) is 0 Å². The van der Waals surface area contributed by atoms with Crippen LogP contribution in [-0.2, 0) is 0 Å². The number of hydrogen-bond donors (Lipinski definition) is 0. The molecule has 0 radical (unpaired) electrons. The Bertz CT molecular complexity index is 212. The summed E-state index contributed by atoms with van der Waals surface area (Å²) in [5.74, 6) is 0.911. The van der Waals surface area contributed by atoms with Gasteiger partial charge in [0.25, 0.3) is 0 Å². The van der Waals surface area contributed by atoms with Gasteiger partial charge < -0.3 is 0 Å². The quantitative estimate of drug-likeness (QED) is 0.527. The zero-order valence-electron chi connectivity index (χ0n) is 7.27. The molecule has 2 unspecified atom stereocenters. The molecule has 1 fully saturated rings. The molecule has 0 heteroatoms. The average Bonchev–Trinajstić information content (AvgIpc) is 2.43. The first-order valence-corrected chi connectivity index (χ1v) is 4.54. The SMILES string of the molecule is C=C(C)CC12C=CC(CC1)C2.